The highest BCUT2D eigenvalue weighted by atomic mass is 35.5. The third-order valence-electron chi connectivity index (χ3n) is 4.14. The van der Waals surface area contributed by atoms with E-state index in [0.29, 0.717) is 36.7 Å². The number of likely N-dealkylation sites (N-methyl/N-ethyl adjacent to an activating group) is 1. The minimum absolute atomic E-state index is 0. The Bertz CT molecular complexity index is 647. The topological polar surface area (TPSA) is 83.7 Å². The number of thiophene rings is 1. The summed E-state index contributed by atoms with van der Waals surface area (Å²) >= 11 is 1.18. The number of nitrogens with zero attached hydrogens (tertiary/aromatic N) is 2. The third kappa shape index (κ3) is 4.49. The van der Waals surface area contributed by atoms with Crippen LogP contribution in [0.3, 0.4) is 0 Å². The van der Waals surface area contributed by atoms with E-state index < -0.39 is 16.1 Å². The summed E-state index contributed by atoms with van der Waals surface area (Å²) in [5, 5.41) is 1.73. The van der Waals surface area contributed by atoms with E-state index in [-0.39, 0.29) is 23.7 Å². The molecule has 24 heavy (non-hydrogen) atoms. The molecular weight excluding hydrogens is 370 g/mol. The Morgan fingerprint density at radius 1 is 1.50 bits per heavy atom. The van der Waals surface area contributed by atoms with Crippen molar-refractivity contribution in [2.75, 3.05) is 26.7 Å². The monoisotopic (exact) mass is 395 g/mol. The molecule has 1 saturated heterocycles. The van der Waals surface area contributed by atoms with Gasteiger partial charge in [0.1, 0.15) is 10.3 Å². The van der Waals surface area contributed by atoms with Crippen LogP contribution in [0.15, 0.2) is 21.7 Å². The third-order valence-corrected chi connectivity index (χ3v) is 7.42. The Morgan fingerprint density at radius 3 is 2.71 bits per heavy atom. The average molecular weight is 396 g/mol. The van der Waals surface area contributed by atoms with E-state index in [9.17, 15) is 13.2 Å². The van der Waals surface area contributed by atoms with E-state index in [0.717, 1.165) is 0 Å². The highest BCUT2D eigenvalue weighted by molar-refractivity contribution is 7.91. The van der Waals surface area contributed by atoms with E-state index in [2.05, 4.69) is 0 Å². The lowest BCUT2D eigenvalue weighted by atomic mass is 9.93. The second-order valence-corrected chi connectivity index (χ2v) is 9.83. The second-order valence-electron chi connectivity index (χ2n) is 6.77. The van der Waals surface area contributed by atoms with Gasteiger partial charge in [-0.25, -0.2) is 8.42 Å². The zero-order valence-electron chi connectivity index (χ0n) is 14.3. The van der Waals surface area contributed by atoms with Crippen LogP contribution in [-0.4, -0.2) is 56.3 Å². The first kappa shape index (κ1) is 21.4. The van der Waals surface area contributed by atoms with Crippen molar-refractivity contribution < 1.29 is 13.2 Å². The molecule has 1 unspecified atom stereocenters. The first-order valence-corrected chi connectivity index (χ1v) is 10.0. The summed E-state index contributed by atoms with van der Waals surface area (Å²) < 4.78 is 27.1. The smallest absolute Gasteiger partial charge is 0.253 e. The van der Waals surface area contributed by atoms with Crippen LogP contribution in [0, 0.1) is 5.41 Å². The molecule has 1 atom stereocenters. The molecule has 0 spiro atoms. The normalized spacial score (nSPS) is 19.1. The summed E-state index contributed by atoms with van der Waals surface area (Å²) in [4.78, 5) is 14.4. The van der Waals surface area contributed by atoms with Crippen molar-refractivity contribution in [3.8, 4) is 0 Å². The number of halogens is 1. The van der Waals surface area contributed by atoms with Gasteiger partial charge in [-0.2, -0.15) is 4.31 Å². The summed E-state index contributed by atoms with van der Waals surface area (Å²) in [6.07, 6.45) is 1.27. The number of hydrogen-bond donors (Lipinski definition) is 1. The summed E-state index contributed by atoms with van der Waals surface area (Å²) in [5.41, 5.74) is 5.53. The van der Waals surface area contributed by atoms with Crippen molar-refractivity contribution in [1.29, 1.82) is 0 Å². The molecule has 1 aliphatic heterocycles. The molecular formula is C15H26ClN3O3S2. The van der Waals surface area contributed by atoms with Crippen molar-refractivity contribution in [2.45, 2.75) is 36.9 Å². The zero-order chi connectivity index (χ0) is 17.3. The number of nitrogens with two attached hydrogens (primary N) is 1. The van der Waals surface area contributed by atoms with Crippen LogP contribution in [0.4, 0.5) is 0 Å². The Labute approximate surface area is 154 Å². The predicted molar refractivity (Wildman–Crippen MR) is 99.0 cm³/mol. The van der Waals surface area contributed by atoms with Crippen LogP contribution < -0.4 is 5.73 Å². The van der Waals surface area contributed by atoms with Crippen molar-refractivity contribution in [1.82, 2.24) is 9.21 Å². The van der Waals surface area contributed by atoms with Crippen LogP contribution in [0.2, 0.25) is 0 Å². The molecule has 138 valence electrons. The van der Waals surface area contributed by atoms with Gasteiger partial charge in [0.15, 0.2) is 0 Å². The van der Waals surface area contributed by atoms with E-state index >= 15 is 0 Å². The maximum Gasteiger partial charge on any atom is 0.253 e. The molecule has 0 aromatic carbocycles. The fraction of sp³-hybridized carbons (Fsp3) is 0.667. The van der Waals surface area contributed by atoms with Crippen LogP contribution in [0.1, 0.15) is 26.7 Å². The molecule has 2 heterocycles. The summed E-state index contributed by atoms with van der Waals surface area (Å²) in [6, 6.07) is 2.68. The fourth-order valence-corrected chi connectivity index (χ4v) is 5.61. The van der Waals surface area contributed by atoms with E-state index in [1.807, 2.05) is 13.8 Å². The Kier molecular flexibility index (Phi) is 7.25. The lowest BCUT2D eigenvalue weighted by Gasteiger charge is -2.32. The number of hydrogen-bond acceptors (Lipinski definition) is 5. The van der Waals surface area contributed by atoms with Crippen LogP contribution in [0.5, 0.6) is 0 Å². The molecule has 1 aromatic heterocycles. The molecule has 9 heteroatoms. The molecule has 0 bridgehead atoms. The van der Waals surface area contributed by atoms with Gasteiger partial charge < -0.3 is 10.6 Å². The molecule has 1 aromatic rings. The van der Waals surface area contributed by atoms with Gasteiger partial charge in [0, 0.05) is 20.1 Å². The Balaban J connectivity index is 0.00000288. The van der Waals surface area contributed by atoms with E-state index in [4.69, 9.17) is 5.73 Å². The maximum atomic E-state index is 12.7. The van der Waals surface area contributed by atoms with Crippen molar-refractivity contribution in [3.05, 3.63) is 17.5 Å². The minimum Gasteiger partial charge on any atom is -0.344 e. The summed E-state index contributed by atoms with van der Waals surface area (Å²) in [5.74, 6) is -0.149. The number of sulfonamides is 1. The highest BCUT2D eigenvalue weighted by Gasteiger charge is 2.41. The molecule has 1 aliphatic rings. The van der Waals surface area contributed by atoms with Gasteiger partial charge in [0.2, 0.25) is 5.91 Å². The number of amides is 1. The molecule has 2 rings (SSSR count). The Morgan fingerprint density at radius 2 is 2.17 bits per heavy atom. The molecule has 0 radical (unpaired) electrons. The van der Waals surface area contributed by atoms with Gasteiger partial charge in [-0.05, 0) is 36.2 Å². The lowest BCUT2D eigenvalue weighted by molar-refractivity contribution is -0.134. The van der Waals surface area contributed by atoms with E-state index in [1.165, 1.54) is 15.6 Å². The van der Waals surface area contributed by atoms with Gasteiger partial charge in [0.25, 0.3) is 10.0 Å². The molecule has 6 nitrogen and oxygen atoms in total. The first-order valence-electron chi connectivity index (χ1n) is 7.69. The minimum atomic E-state index is -3.59. The van der Waals surface area contributed by atoms with Gasteiger partial charge in [-0.1, -0.05) is 19.9 Å². The van der Waals surface area contributed by atoms with Crippen LogP contribution >= 0.6 is 23.7 Å². The van der Waals surface area contributed by atoms with Gasteiger partial charge >= 0.3 is 0 Å². The predicted octanol–water partition coefficient (Wildman–Crippen LogP) is 1.77. The van der Waals surface area contributed by atoms with Gasteiger partial charge in [-0.3, -0.25) is 4.79 Å². The summed E-state index contributed by atoms with van der Waals surface area (Å²) in [6.45, 7) is 5.35. The van der Waals surface area contributed by atoms with Crippen LogP contribution in [-0.2, 0) is 14.8 Å². The standard InChI is InChI=1S/C15H25N3O3S2.ClH/c1-15(2,10-16)11-17(3)14(19)12-6-4-8-18(12)23(20,21)13-7-5-9-22-13;/h5,7,9,12H,4,6,8,10-11,16H2,1-3H3;1H. The first-order chi connectivity index (χ1) is 10.7. The largest absolute Gasteiger partial charge is 0.344 e. The highest BCUT2D eigenvalue weighted by Crippen LogP contribution is 2.29. The van der Waals surface area contributed by atoms with Crippen molar-refractivity contribution >= 4 is 39.7 Å². The molecule has 0 saturated carbocycles. The van der Waals surface area contributed by atoms with Gasteiger partial charge in [0.05, 0.1) is 0 Å². The van der Waals surface area contributed by atoms with Gasteiger partial charge in [-0.15, -0.1) is 23.7 Å². The molecule has 2 N–H and O–H groups in total. The molecule has 1 amide bonds. The molecule has 0 aliphatic carbocycles. The second kappa shape index (κ2) is 8.14. The zero-order valence-corrected chi connectivity index (χ0v) is 16.7. The summed E-state index contributed by atoms with van der Waals surface area (Å²) in [7, 11) is -1.88. The number of carbonyl (C=O) groups is 1. The molecule has 1 fully saturated rings. The number of rotatable bonds is 6. The van der Waals surface area contributed by atoms with Crippen LogP contribution in [0.25, 0.3) is 0 Å². The van der Waals surface area contributed by atoms with Crippen molar-refractivity contribution in [2.24, 2.45) is 11.1 Å². The average Bonchev–Trinajstić information content (AvgIpc) is 3.17. The SMILES string of the molecule is CN(CC(C)(C)CN)C(=O)C1CCCN1S(=O)(=O)c1cccs1.Cl. The Hall–Kier alpha value is -0.670. The fourth-order valence-electron chi connectivity index (χ4n) is 2.84. The quantitative estimate of drug-likeness (QED) is 0.795. The van der Waals surface area contributed by atoms with Crippen molar-refractivity contribution in [3.63, 3.8) is 0 Å². The number of carbonyl (C=O) groups excluding carboxylic acids is 1. The van der Waals surface area contributed by atoms with E-state index in [1.54, 1.807) is 29.5 Å². The lowest BCUT2D eigenvalue weighted by Crippen LogP contribution is -2.49. The maximum absolute atomic E-state index is 12.7.